The lowest BCUT2D eigenvalue weighted by molar-refractivity contribution is 0.0526. The summed E-state index contributed by atoms with van der Waals surface area (Å²) in [6.07, 6.45) is 0. The third-order valence-electron chi connectivity index (χ3n) is 5.66. The monoisotopic (exact) mass is 434 g/mol. The van der Waals surface area contributed by atoms with Crippen molar-refractivity contribution in [2.24, 2.45) is 0 Å². The lowest BCUT2D eigenvalue weighted by Crippen LogP contribution is -2.46. The molecule has 1 saturated heterocycles. The molecule has 1 fully saturated rings. The van der Waals surface area contributed by atoms with E-state index in [9.17, 15) is 4.79 Å². The number of ether oxygens (including phenoxy) is 1. The normalized spacial score (nSPS) is 14.5. The van der Waals surface area contributed by atoms with E-state index in [1.807, 2.05) is 49.4 Å². The maximum absolute atomic E-state index is 11.8. The summed E-state index contributed by atoms with van der Waals surface area (Å²) in [7, 11) is 0. The molecule has 0 aromatic heterocycles. The van der Waals surface area contributed by atoms with Gasteiger partial charge in [-0.15, -0.1) is 0 Å². The second-order valence-corrected chi connectivity index (χ2v) is 8.13. The molecule has 5 heteroatoms. The van der Waals surface area contributed by atoms with E-state index in [0.717, 1.165) is 49.0 Å². The van der Waals surface area contributed by atoms with Gasteiger partial charge in [0.2, 0.25) is 0 Å². The molecule has 0 aliphatic carbocycles. The molecule has 0 bridgehead atoms. The Kier molecular flexibility index (Phi) is 6.90. The summed E-state index contributed by atoms with van der Waals surface area (Å²) in [5.74, 6) is -0.266. The second kappa shape index (κ2) is 9.99. The predicted molar refractivity (Wildman–Crippen MR) is 127 cm³/mol. The van der Waals surface area contributed by atoms with E-state index in [0.29, 0.717) is 12.2 Å². The summed E-state index contributed by atoms with van der Waals surface area (Å²) < 4.78 is 5.07. The quantitative estimate of drug-likeness (QED) is 0.479. The summed E-state index contributed by atoms with van der Waals surface area (Å²) in [6, 6.07) is 24.3. The Hall–Kier alpha value is -2.82. The minimum Gasteiger partial charge on any atom is -0.462 e. The number of esters is 1. The van der Waals surface area contributed by atoms with Gasteiger partial charge >= 0.3 is 5.97 Å². The first-order valence-electron chi connectivity index (χ1n) is 10.7. The summed E-state index contributed by atoms with van der Waals surface area (Å²) in [4.78, 5) is 16.7. The van der Waals surface area contributed by atoms with Gasteiger partial charge in [0.05, 0.1) is 12.2 Å². The fourth-order valence-electron chi connectivity index (χ4n) is 4.02. The summed E-state index contributed by atoms with van der Waals surface area (Å²) >= 11 is 6.21. The molecule has 1 heterocycles. The van der Waals surface area contributed by atoms with Gasteiger partial charge < -0.3 is 9.64 Å². The van der Waals surface area contributed by atoms with Gasteiger partial charge in [-0.05, 0) is 60.0 Å². The molecule has 0 unspecified atom stereocenters. The Bertz CT molecular complexity index is 1030. The molecular formula is C26H27ClN2O2. The number of nitrogens with zero attached hydrogens (tertiary/aromatic N) is 2. The molecule has 0 saturated carbocycles. The van der Waals surface area contributed by atoms with Crippen molar-refractivity contribution in [3.05, 3.63) is 88.9 Å². The van der Waals surface area contributed by atoms with Gasteiger partial charge in [-0.1, -0.05) is 48.0 Å². The van der Waals surface area contributed by atoms with E-state index in [1.165, 1.54) is 11.1 Å². The van der Waals surface area contributed by atoms with Crippen LogP contribution in [0.5, 0.6) is 0 Å². The van der Waals surface area contributed by atoms with Gasteiger partial charge in [0.15, 0.2) is 0 Å². The Morgan fingerprint density at radius 1 is 0.935 bits per heavy atom. The van der Waals surface area contributed by atoms with Crippen molar-refractivity contribution < 1.29 is 9.53 Å². The van der Waals surface area contributed by atoms with Crippen LogP contribution in [-0.2, 0) is 11.3 Å². The maximum Gasteiger partial charge on any atom is 0.338 e. The van der Waals surface area contributed by atoms with Crippen LogP contribution in [0.2, 0.25) is 5.02 Å². The largest absolute Gasteiger partial charge is 0.462 e. The summed E-state index contributed by atoms with van der Waals surface area (Å²) in [5, 5.41) is 0.759. The standard InChI is InChI=1S/C26H27ClN2O2/c1-2-31-26(30)20-10-12-24(13-11-20)29-16-14-28(15-17-29)19-22-6-3-4-9-25(22)21-7-5-8-23(27)18-21/h3-13,18H,2,14-17,19H2,1H3. The molecule has 0 spiro atoms. The first-order valence-corrected chi connectivity index (χ1v) is 11.1. The number of anilines is 1. The van der Waals surface area contributed by atoms with Crippen LogP contribution in [0.15, 0.2) is 72.8 Å². The molecule has 4 nitrogen and oxygen atoms in total. The highest BCUT2D eigenvalue weighted by atomic mass is 35.5. The SMILES string of the molecule is CCOC(=O)c1ccc(N2CCN(Cc3ccccc3-c3cccc(Cl)c3)CC2)cc1. The lowest BCUT2D eigenvalue weighted by Gasteiger charge is -2.36. The molecule has 3 aromatic carbocycles. The molecule has 0 radical (unpaired) electrons. The molecule has 1 aliphatic heterocycles. The zero-order valence-corrected chi connectivity index (χ0v) is 18.5. The fraction of sp³-hybridized carbons (Fsp3) is 0.269. The van der Waals surface area contributed by atoms with Crippen molar-refractivity contribution >= 4 is 23.3 Å². The van der Waals surface area contributed by atoms with Crippen LogP contribution in [0.3, 0.4) is 0 Å². The number of piperazine rings is 1. The van der Waals surface area contributed by atoms with E-state index < -0.39 is 0 Å². The molecule has 0 N–H and O–H groups in total. The zero-order valence-electron chi connectivity index (χ0n) is 17.8. The number of hydrogen-bond donors (Lipinski definition) is 0. The van der Waals surface area contributed by atoms with Crippen molar-refractivity contribution in [3.8, 4) is 11.1 Å². The molecule has 3 aromatic rings. The topological polar surface area (TPSA) is 32.8 Å². The van der Waals surface area contributed by atoms with E-state index >= 15 is 0 Å². The van der Waals surface area contributed by atoms with E-state index in [1.54, 1.807) is 0 Å². The first kappa shape index (κ1) is 21.4. The van der Waals surface area contributed by atoms with Crippen LogP contribution < -0.4 is 4.90 Å². The van der Waals surface area contributed by atoms with Gasteiger partial charge in [0, 0.05) is 43.4 Å². The Balaban J connectivity index is 1.39. The van der Waals surface area contributed by atoms with Crippen molar-refractivity contribution in [3.63, 3.8) is 0 Å². The number of halogens is 1. The third-order valence-corrected chi connectivity index (χ3v) is 5.90. The zero-order chi connectivity index (χ0) is 21.6. The molecule has 4 rings (SSSR count). The third kappa shape index (κ3) is 5.27. The molecule has 1 aliphatic rings. The predicted octanol–water partition coefficient (Wildman–Crippen LogP) is 5.51. The van der Waals surface area contributed by atoms with Gasteiger partial charge in [0.25, 0.3) is 0 Å². The second-order valence-electron chi connectivity index (χ2n) is 7.70. The van der Waals surface area contributed by atoms with Crippen LogP contribution in [0.25, 0.3) is 11.1 Å². The van der Waals surface area contributed by atoms with Crippen LogP contribution >= 0.6 is 11.6 Å². The minimum atomic E-state index is -0.266. The number of hydrogen-bond acceptors (Lipinski definition) is 4. The lowest BCUT2D eigenvalue weighted by atomic mass is 9.99. The van der Waals surface area contributed by atoms with Crippen LogP contribution in [-0.4, -0.2) is 43.7 Å². The minimum absolute atomic E-state index is 0.266. The number of carbonyl (C=O) groups excluding carboxylic acids is 1. The molecule has 160 valence electrons. The number of carbonyl (C=O) groups is 1. The van der Waals surface area contributed by atoms with E-state index in [2.05, 4.69) is 40.1 Å². The highest BCUT2D eigenvalue weighted by molar-refractivity contribution is 6.30. The Morgan fingerprint density at radius 3 is 2.39 bits per heavy atom. The number of rotatable bonds is 6. The van der Waals surface area contributed by atoms with Crippen molar-refractivity contribution in [1.82, 2.24) is 4.90 Å². The van der Waals surface area contributed by atoms with Gasteiger partial charge in [-0.25, -0.2) is 4.79 Å². The summed E-state index contributed by atoms with van der Waals surface area (Å²) in [5.41, 5.74) is 5.45. The first-order chi connectivity index (χ1) is 15.1. The van der Waals surface area contributed by atoms with Gasteiger partial charge in [-0.2, -0.15) is 0 Å². The van der Waals surface area contributed by atoms with Crippen molar-refractivity contribution in [2.75, 3.05) is 37.7 Å². The molecule has 0 atom stereocenters. The molecule has 0 amide bonds. The van der Waals surface area contributed by atoms with Crippen molar-refractivity contribution in [2.45, 2.75) is 13.5 Å². The molecular weight excluding hydrogens is 408 g/mol. The Morgan fingerprint density at radius 2 is 1.68 bits per heavy atom. The van der Waals surface area contributed by atoms with Crippen LogP contribution in [0, 0.1) is 0 Å². The highest BCUT2D eigenvalue weighted by Crippen LogP contribution is 2.27. The fourth-order valence-corrected chi connectivity index (χ4v) is 4.21. The number of benzene rings is 3. The van der Waals surface area contributed by atoms with Crippen LogP contribution in [0.1, 0.15) is 22.8 Å². The Labute approximate surface area is 189 Å². The van der Waals surface area contributed by atoms with Gasteiger partial charge in [-0.3, -0.25) is 4.90 Å². The average molecular weight is 435 g/mol. The molecule has 31 heavy (non-hydrogen) atoms. The average Bonchev–Trinajstić information content (AvgIpc) is 2.80. The smallest absolute Gasteiger partial charge is 0.338 e. The van der Waals surface area contributed by atoms with Crippen LogP contribution in [0.4, 0.5) is 5.69 Å². The maximum atomic E-state index is 11.8. The highest BCUT2D eigenvalue weighted by Gasteiger charge is 2.19. The van der Waals surface area contributed by atoms with E-state index in [-0.39, 0.29) is 5.97 Å². The van der Waals surface area contributed by atoms with Gasteiger partial charge in [0.1, 0.15) is 0 Å². The summed E-state index contributed by atoms with van der Waals surface area (Å²) in [6.45, 7) is 7.02. The van der Waals surface area contributed by atoms with E-state index in [4.69, 9.17) is 16.3 Å². The van der Waals surface area contributed by atoms with Crippen molar-refractivity contribution in [1.29, 1.82) is 0 Å².